The summed E-state index contributed by atoms with van der Waals surface area (Å²) in [4.78, 5) is 10.2. The maximum Gasteiger partial charge on any atom is 0.269 e. The first-order chi connectivity index (χ1) is 12.4. The molecule has 1 aliphatic rings. The Labute approximate surface area is 150 Å². The zero-order valence-corrected chi connectivity index (χ0v) is 14.7. The number of benzene rings is 2. The maximum atomic E-state index is 13.6. The second kappa shape index (κ2) is 7.48. The van der Waals surface area contributed by atoms with Crippen LogP contribution in [0, 0.1) is 15.9 Å². The highest BCUT2D eigenvalue weighted by molar-refractivity contribution is 7.88. The molecule has 1 saturated heterocycles. The van der Waals surface area contributed by atoms with Crippen LogP contribution in [0.2, 0.25) is 0 Å². The van der Waals surface area contributed by atoms with Gasteiger partial charge in [-0.05, 0) is 23.3 Å². The molecule has 0 bridgehead atoms. The minimum atomic E-state index is -3.68. The Bertz CT molecular complexity index is 902. The van der Waals surface area contributed by atoms with Gasteiger partial charge in [-0.15, -0.1) is 0 Å². The summed E-state index contributed by atoms with van der Waals surface area (Å²) in [6.07, 6.45) is 0. The number of hydrogen-bond acceptors (Lipinski definition) is 5. The van der Waals surface area contributed by atoms with Gasteiger partial charge in [0.25, 0.3) is 5.69 Å². The molecule has 26 heavy (non-hydrogen) atoms. The number of halogens is 1. The lowest BCUT2D eigenvalue weighted by Crippen LogP contribution is -2.48. The van der Waals surface area contributed by atoms with Crippen LogP contribution in [0.25, 0.3) is 0 Å². The highest BCUT2D eigenvalue weighted by atomic mass is 32.2. The molecule has 138 valence electrons. The first-order valence-electron chi connectivity index (χ1n) is 8.06. The number of hydrogen-bond donors (Lipinski definition) is 1. The number of nitro groups is 1. The van der Waals surface area contributed by atoms with E-state index in [0.717, 1.165) is 0 Å². The van der Waals surface area contributed by atoms with Gasteiger partial charge in [-0.25, -0.2) is 12.8 Å². The van der Waals surface area contributed by atoms with Crippen LogP contribution in [-0.2, 0) is 15.8 Å². The van der Waals surface area contributed by atoms with Crippen molar-refractivity contribution in [1.82, 2.24) is 9.62 Å². The van der Waals surface area contributed by atoms with Crippen LogP contribution in [0.3, 0.4) is 0 Å². The Balaban J connectivity index is 1.84. The molecule has 7 nitrogen and oxygen atoms in total. The molecule has 1 fully saturated rings. The summed E-state index contributed by atoms with van der Waals surface area (Å²) in [5, 5.41) is 13.8. The number of piperazine rings is 1. The summed E-state index contributed by atoms with van der Waals surface area (Å²) in [6, 6.07) is 10.9. The van der Waals surface area contributed by atoms with Crippen LogP contribution in [0.15, 0.2) is 48.5 Å². The second-order valence-electron chi connectivity index (χ2n) is 6.07. The molecule has 1 atom stereocenters. The van der Waals surface area contributed by atoms with Gasteiger partial charge >= 0.3 is 0 Å². The Hall–Kier alpha value is -2.36. The topological polar surface area (TPSA) is 92.5 Å². The van der Waals surface area contributed by atoms with Crippen molar-refractivity contribution >= 4 is 15.7 Å². The predicted molar refractivity (Wildman–Crippen MR) is 94.4 cm³/mol. The maximum absolute atomic E-state index is 13.6. The van der Waals surface area contributed by atoms with Crippen LogP contribution < -0.4 is 5.32 Å². The molecule has 2 aromatic rings. The highest BCUT2D eigenvalue weighted by Gasteiger charge is 2.33. The molecule has 0 saturated carbocycles. The first-order valence-corrected chi connectivity index (χ1v) is 9.67. The third kappa shape index (κ3) is 4.06. The normalized spacial score (nSPS) is 18.6. The lowest BCUT2D eigenvalue weighted by atomic mass is 10.1. The van der Waals surface area contributed by atoms with E-state index >= 15 is 0 Å². The molecule has 0 radical (unpaired) electrons. The first kappa shape index (κ1) is 18.4. The molecule has 1 aliphatic heterocycles. The van der Waals surface area contributed by atoms with Gasteiger partial charge in [-0.1, -0.05) is 24.3 Å². The summed E-state index contributed by atoms with van der Waals surface area (Å²) < 4.78 is 40.8. The summed E-state index contributed by atoms with van der Waals surface area (Å²) >= 11 is 0. The second-order valence-corrected chi connectivity index (χ2v) is 7.99. The summed E-state index contributed by atoms with van der Waals surface area (Å²) in [5.74, 6) is -0.683. The van der Waals surface area contributed by atoms with E-state index in [4.69, 9.17) is 0 Å². The van der Waals surface area contributed by atoms with Gasteiger partial charge in [0.05, 0.1) is 16.7 Å². The van der Waals surface area contributed by atoms with Gasteiger partial charge in [0, 0.05) is 31.8 Å². The fraction of sp³-hybridized carbons (Fsp3) is 0.294. The molecule has 0 amide bonds. The van der Waals surface area contributed by atoms with Gasteiger partial charge in [0.2, 0.25) is 10.0 Å². The molecule has 3 rings (SSSR count). The molecule has 9 heteroatoms. The Morgan fingerprint density at radius 2 is 1.96 bits per heavy atom. The number of rotatable bonds is 5. The van der Waals surface area contributed by atoms with Crippen molar-refractivity contribution in [2.24, 2.45) is 0 Å². The van der Waals surface area contributed by atoms with Crippen molar-refractivity contribution in [3.05, 3.63) is 75.6 Å². The van der Waals surface area contributed by atoms with E-state index in [1.54, 1.807) is 12.1 Å². The van der Waals surface area contributed by atoms with Crippen molar-refractivity contribution in [1.29, 1.82) is 0 Å². The monoisotopic (exact) mass is 379 g/mol. The fourth-order valence-corrected chi connectivity index (χ4v) is 4.76. The van der Waals surface area contributed by atoms with E-state index in [1.165, 1.54) is 40.7 Å². The molecule has 0 aromatic heterocycles. The van der Waals surface area contributed by atoms with Crippen LogP contribution in [0.1, 0.15) is 17.2 Å². The summed E-state index contributed by atoms with van der Waals surface area (Å²) in [5.41, 5.74) is 0.961. The number of nitrogens with zero attached hydrogens (tertiary/aromatic N) is 2. The number of sulfonamides is 1. The molecule has 2 aromatic carbocycles. The average molecular weight is 379 g/mol. The number of nitro benzene ring substituents is 1. The highest BCUT2D eigenvalue weighted by Crippen LogP contribution is 2.27. The molecular weight excluding hydrogens is 361 g/mol. The average Bonchev–Trinajstić information content (AvgIpc) is 2.62. The molecule has 1 heterocycles. The van der Waals surface area contributed by atoms with Crippen molar-refractivity contribution in [2.45, 2.75) is 11.8 Å². The van der Waals surface area contributed by atoms with E-state index < -0.39 is 26.8 Å². The molecule has 0 spiro atoms. The van der Waals surface area contributed by atoms with Crippen molar-refractivity contribution in [2.75, 3.05) is 19.6 Å². The number of non-ortho nitro benzene ring substituents is 1. The van der Waals surface area contributed by atoms with E-state index in [0.29, 0.717) is 24.2 Å². The minimum Gasteiger partial charge on any atom is -0.313 e. The smallest absolute Gasteiger partial charge is 0.269 e. The minimum absolute atomic E-state index is 0.0917. The summed E-state index contributed by atoms with van der Waals surface area (Å²) in [6.45, 7) is 1.17. The Kier molecular flexibility index (Phi) is 5.30. The SMILES string of the molecule is O=[N+]([O-])c1ccc(CS(=O)(=O)N2CCNCC2c2cccc(F)c2)cc1. The van der Waals surface area contributed by atoms with E-state index in [-0.39, 0.29) is 18.0 Å². The largest absolute Gasteiger partial charge is 0.313 e. The van der Waals surface area contributed by atoms with Crippen molar-refractivity contribution in [3.8, 4) is 0 Å². The van der Waals surface area contributed by atoms with Crippen molar-refractivity contribution in [3.63, 3.8) is 0 Å². The molecule has 1 N–H and O–H groups in total. The quantitative estimate of drug-likeness (QED) is 0.635. The third-order valence-corrected chi connectivity index (χ3v) is 6.13. The van der Waals surface area contributed by atoms with E-state index in [9.17, 15) is 22.9 Å². The van der Waals surface area contributed by atoms with Crippen LogP contribution in [-0.4, -0.2) is 37.3 Å². The third-order valence-electron chi connectivity index (χ3n) is 4.28. The van der Waals surface area contributed by atoms with Gasteiger partial charge in [0.1, 0.15) is 5.82 Å². The molecule has 1 unspecified atom stereocenters. The summed E-state index contributed by atoms with van der Waals surface area (Å²) in [7, 11) is -3.68. The van der Waals surface area contributed by atoms with E-state index in [2.05, 4.69) is 5.32 Å². The lowest BCUT2D eigenvalue weighted by Gasteiger charge is -2.35. The number of nitrogens with one attached hydrogen (secondary N) is 1. The predicted octanol–water partition coefficient (Wildman–Crippen LogP) is 2.21. The Morgan fingerprint density at radius 1 is 1.23 bits per heavy atom. The van der Waals surface area contributed by atoms with Crippen LogP contribution >= 0.6 is 0 Å². The zero-order valence-electron chi connectivity index (χ0n) is 13.8. The van der Waals surface area contributed by atoms with Crippen molar-refractivity contribution < 1.29 is 17.7 Å². The molecular formula is C17H18FN3O4S. The Morgan fingerprint density at radius 3 is 2.62 bits per heavy atom. The van der Waals surface area contributed by atoms with Crippen LogP contribution in [0.5, 0.6) is 0 Å². The molecule has 0 aliphatic carbocycles. The fourth-order valence-electron chi connectivity index (χ4n) is 3.02. The van der Waals surface area contributed by atoms with Gasteiger partial charge in [-0.2, -0.15) is 4.31 Å². The standard InChI is InChI=1S/C17H18FN3O4S/c18-15-3-1-2-14(10-15)17-11-19-8-9-20(17)26(24,25)12-13-4-6-16(7-5-13)21(22)23/h1-7,10,17,19H,8-9,11-12H2. The van der Waals surface area contributed by atoms with Gasteiger partial charge in [-0.3, -0.25) is 10.1 Å². The van der Waals surface area contributed by atoms with Gasteiger partial charge < -0.3 is 5.32 Å². The van der Waals surface area contributed by atoms with E-state index in [1.807, 2.05) is 0 Å². The lowest BCUT2D eigenvalue weighted by molar-refractivity contribution is -0.384. The van der Waals surface area contributed by atoms with Crippen LogP contribution in [0.4, 0.5) is 10.1 Å². The van der Waals surface area contributed by atoms with Gasteiger partial charge in [0.15, 0.2) is 0 Å². The zero-order chi connectivity index (χ0) is 18.7.